The van der Waals surface area contributed by atoms with Gasteiger partial charge in [-0.2, -0.15) is 0 Å². The molecular weight excluding hydrogens is 244 g/mol. The van der Waals surface area contributed by atoms with E-state index in [1.54, 1.807) is 4.90 Å². The molecule has 1 aliphatic heterocycles. The molecule has 0 radical (unpaired) electrons. The molecule has 2 amide bonds. The Labute approximate surface area is 114 Å². The summed E-state index contributed by atoms with van der Waals surface area (Å²) in [6, 6.07) is -0.0902. The van der Waals surface area contributed by atoms with E-state index in [0.717, 1.165) is 12.8 Å². The lowest BCUT2D eigenvalue weighted by Crippen LogP contribution is -2.42. The third-order valence-corrected chi connectivity index (χ3v) is 2.81. The SMILES string of the molecule is C#CCNC(=O)CC1CCCN1C(=O)OC(C)(C)C. The molecule has 1 aliphatic rings. The summed E-state index contributed by atoms with van der Waals surface area (Å²) in [6.45, 7) is 6.35. The van der Waals surface area contributed by atoms with Crippen molar-refractivity contribution in [1.82, 2.24) is 10.2 Å². The molecule has 0 aliphatic carbocycles. The highest BCUT2D eigenvalue weighted by Gasteiger charge is 2.33. The Balaban J connectivity index is 2.52. The van der Waals surface area contributed by atoms with Crippen LogP contribution >= 0.6 is 0 Å². The third kappa shape index (κ3) is 5.21. The first-order valence-corrected chi connectivity index (χ1v) is 6.53. The van der Waals surface area contributed by atoms with E-state index in [4.69, 9.17) is 11.2 Å². The fraction of sp³-hybridized carbons (Fsp3) is 0.714. The topological polar surface area (TPSA) is 58.6 Å². The zero-order valence-electron chi connectivity index (χ0n) is 11.9. The summed E-state index contributed by atoms with van der Waals surface area (Å²) < 4.78 is 5.34. The number of nitrogens with zero attached hydrogens (tertiary/aromatic N) is 1. The monoisotopic (exact) mass is 266 g/mol. The molecule has 5 heteroatoms. The molecule has 0 aromatic carbocycles. The van der Waals surface area contributed by atoms with E-state index in [0.29, 0.717) is 6.54 Å². The first-order valence-electron chi connectivity index (χ1n) is 6.53. The number of carbonyl (C=O) groups excluding carboxylic acids is 2. The van der Waals surface area contributed by atoms with Gasteiger partial charge in [0, 0.05) is 19.0 Å². The molecule has 0 aromatic rings. The van der Waals surface area contributed by atoms with Crippen molar-refractivity contribution in [2.45, 2.75) is 51.7 Å². The van der Waals surface area contributed by atoms with Crippen molar-refractivity contribution in [3.05, 3.63) is 0 Å². The number of hydrogen-bond acceptors (Lipinski definition) is 3. The number of carbonyl (C=O) groups is 2. The molecule has 1 saturated heterocycles. The molecule has 1 heterocycles. The van der Waals surface area contributed by atoms with Gasteiger partial charge in [-0.1, -0.05) is 5.92 Å². The van der Waals surface area contributed by atoms with Gasteiger partial charge in [0.2, 0.25) is 5.91 Å². The second-order valence-electron chi connectivity index (χ2n) is 5.65. The predicted octanol–water partition coefficient (Wildman–Crippen LogP) is 1.53. The molecule has 1 fully saturated rings. The fourth-order valence-electron chi connectivity index (χ4n) is 2.04. The van der Waals surface area contributed by atoms with Crippen molar-refractivity contribution in [3.8, 4) is 12.3 Å². The van der Waals surface area contributed by atoms with Gasteiger partial charge in [-0.25, -0.2) is 4.79 Å². The summed E-state index contributed by atoms with van der Waals surface area (Å²) in [5.74, 6) is 2.22. The summed E-state index contributed by atoms with van der Waals surface area (Å²) >= 11 is 0. The van der Waals surface area contributed by atoms with Crippen LogP contribution < -0.4 is 5.32 Å². The van der Waals surface area contributed by atoms with Crippen LogP contribution in [0, 0.1) is 12.3 Å². The molecule has 0 spiro atoms. The minimum Gasteiger partial charge on any atom is -0.444 e. The lowest BCUT2D eigenvalue weighted by molar-refractivity contribution is -0.121. The van der Waals surface area contributed by atoms with E-state index in [-0.39, 0.29) is 31.0 Å². The molecule has 19 heavy (non-hydrogen) atoms. The fourth-order valence-corrected chi connectivity index (χ4v) is 2.04. The normalized spacial score (nSPS) is 18.8. The highest BCUT2D eigenvalue weighted by Crippen LogP contribution is 2.22. The van der Waals surface area contributed by atoms with E-state index in [9.17, 15) is 9.59 Å². The Hall–Kier alpha value is -1.70. The Morgan fingerprint density at radius 2 is 2.16 bits per heavy atom. The summed E-state index contributed by atoms with van der Waals surface area (Å²) in [5.41, 5.74) is -0.518. The number of likely N-dealkylation sites (tertiary alicyclic amines) is 1. The van der Waals surface area contributed by atoms with Crippen LogP contribution in [0.5, 0.6) is 0 Å². The molecule has 1 atom stereocenters. The minimum atomic E-state index is -0.518. The van der Waals surface area contributed by atoms with Gasteiger partial charge in [0.15, 0.2) is 0 Å². The van der Waals surface area contributed by atoms with Crippen LogP contribution in [0.25, 0.3) is 0 Å². The Kier molecular flexibility index (Phi) is 5.22. The van der Waals surface area contributed by atoms with Crippen molar-refractivity contribution in [2.75, 3.05) is 13.1 Å². The lowest BCUT2D eigenvalue weighted by Gasteiger charge is -2.28. The summed E-state index contributed by atoms with van der Waals surface area (Å²) in [6.07, 6.45) is 6.73. The number of amides is 2. The van der Waals surface area contributed by atoms with Crippen molar-refractivity contribution in [1.29, 1.82) is 0 Å². The van der Waals surface area contributed by atoms with E-state index < -0.39 is 5.60 Å². The van der Waals surface area contributed by atoms with Crippen LogP contribution in [0.3, 0.4) is 0 Å². The molecule has 0 bridgehead atoms. The van der Waals surface area contributed by atoms with E-state index in [2.05, 4.69) is 11.2 Å². The summed E-state index contributed by atoms with van der Waals surface area (Å²) in [7, 11) is 0. The molecule has 1 N–H and O–H groups in total. The molecule has 0 aromatic heterocycles. The minimum absolute atomic E-state index is 0.0902. The van der Waals surface area contributed by atoms with Gasteiger partial charge in [-0.3, -0.25) is 4.79 Å². The van der Waals surface area contributed by atoms with Gasteiger partial charge in [-0.15, -0.1) is 6.42 Å². The van der Waals surface area contributed by atoms with Gasteiger partial charge in [0.25, 0.3) is 0 Å². The standard InChI is InChI=1S/C14H22N2O3/c1-5-8-15-12(17)10-11-7-6-9-16(11)13(18)19-14(2,3)4/h1,11H,6-10H2,2-4H3,(H,15,17). The Morgan fingerprint density at radius 1 is 1.47 bits per heavy atom. The predicted molar refractivity (Wildman–Crippen MR) is 72.4 cm³/mol. The van der Waals surface area contributed by atoms with Gasteiger partial charge in [0.1, 0.15) is 5.60 Å². The average molecular weight is 266 g/mol. The van der Waals surface area contributed by atoms with Crippen molar-refractivity contribution < 1.29 is 14.3 Å². The second kappa shape index (κ2) is 6.46. The zero-order chi connectivity index (χ0) is 14.5. The summed E-state index contributed by atoms with van der Waals surface area (Å²) in [4.78, 5) is 25.3. The maximum atomic E-state index is 12.0. The van der Waals surface area contributed by atoms with E-state index in [1.165, 1.54) is 0 Å². The van der Waals surface area contributed by atoms with Gasteiger partial charge in [-0.05, 0) is 33.6 Å². The number of nitrogens with one attached hydrogen (secondary N) is 1. The van der Waals surface area contributed by atoms with Crippen LogP contribution in [0.15, 0.2) is 0 Å². The lowest BCUT2D eigenvalue weighted by atomic mass is 10.1. The zero-order valence-corrected chi connectivity index (χ0v) is 11.9. The Morgan fingerprint density at radius 3 is 2.74 bits per heavy atom. The van der Waals surface area contributed by atoms with Gasteiger partial charge in [0.05, 0.1) is 6.54 Å². The van der Waals surface area contributed by atoms with Crippen molar-refractivity contribution >= 4 is 12.0 Å². The van der Waals surface area contributed by atoms with Crippen LogP contribution in [0.2, 0.25) is 0 Å². The number of hydrogen-bond donors (Lipinski definition) is 1. The maximum Gasteiger partial charge on any atom is 0.410 e. The number of rotatable bonds is 3. The van der Waals surface area contributed by atoms with Crippen LogP contribution in [0.1, 0.15) is 40.0 Å². The smallest absolute Gasteiger partial charge is 0.410 e. The molecular formula is C14H22N2O3. The van der Waals surface area contributed by atoms with E-state index >= 15 is 0 Å². The molecule has 1 rings (SSSR count). The molecule has 106 valence electrons. The molecule has 1 unspecified atom stereocenters. The van der Waals surface area contributed by atoms with Crippen LogP contribution in [-0.2, 0) is 9.53 Å². The maximum absolute atomic E-state index is 12.0. The number of terminal acetylenes is 1. The van der Waals surface area contributed by atoms with Crippen molar-refractivity contribution in [3.63, 3.8) is 0 Å². The molecule has 0 saturated carbocycles. The van der Waals surface area contributed by atoms with Crippen LogP contribution in [0.4, 0.5) is 4.79 Å². The van der Waals surface area contributed by atoms with Gasteiger partial charge < -0.3 is 15.0 Å². The third-order valence-electron chi connectivity index (χ3n) is 2.81. The largest absolute Gasteiger partial charge is 0.444 e. The Bertz CT molecular complexity index is 379. The van der Waals surface area contributed by atoms with Crippen LogP contribution in [-0.4, -0.2) is 41.6 Å². The molecule has 5 nitrogen and oxygen atoms in total. The summed E-state index contributed by atoms with van der Waals surface area (Å²) in [5, 5.41) is 2.61. The average Bonchev–Trinajstić information content (AvgIpc) is 2.72. The number of ether oxygens (including phenoxy) is 1. The first kappa shape index (κ1) is 15.4. The van der Waals surface area contributed by atoms with Gasteiger partial charge >= 0.3 is 6.09 Å². The van der Waals surface area contributed by atoms with E-state index in [1.807, 2.05) is 20.8 Å². The highest BCUT2D eigenvalue weighted by molar-refractivity contribution is 5.78. The first-order chi connectivity index (χ1) is 8.83. The van der Waals surface area contributed by atoms with Crippen molar-refractivity contribution in [2.24, 2.45) is 0 Å². The second-order valence-corrected chi connectivity index (χ2v) is 5.65. The quantitative estimate of drug-likeness (QED) is 0.788. The highest BCUT2D eigenvalue weighted by atomic mass is 16.6.